The van der Waals surface area contributed by atoms with Crippen LogP contribution in [0.15, 0.2) is 11.6 Å². The molecule has 0 aromatic carbocycles. The molecule has 1 fully saturated rings. The highest BCUT2D eigenvalue weighted by Gasteiger charge is 2.34. The zero-order valence-corrected chi connectivity index (χ0v) is 9.10. The predicted octanol–water partition coefficient (Wildman–Crippen LogP) is 0.999. The normalized spacial score (nSPS) is 31.9. The van der Waals surface area contributed by atoms with Crippen LogP contribution in [-0.4, -0.2) is 37.9 Å². The van der Waals surface area contributed by atoms with Crippen LogP contribution in [0.3, 0.4) is 0 Å². The number of carboxylic acid groups (broad SMARTS) is 1. The molecule has 0 radical (unpaired) electrons. The number of methoxy groups -OCH3 is 2. The smallest absolute Gasteiger partial charge is 0.330 e. The maximum atomic E-state index is 10.7. The molecule has 1 saturated heterocycles. The molecular weight excluding hydrogens is 200 g/mol. The minimum atomic E-state index is -0.925. The number of carboxylic acids is 1. The highest BCUT2D eigenvalue weighted by molar-refractivity contribution is 5.85. The van der Waals surface area contributed by atoms with Crippen LogP contribution in [0.25, 0.3) is 0 Å². The van der Waals surface area contributed by atoms with Gasteiger partial charge in [-0.2, -0.15) is 0 Å². The van der Waals surface area contributed by atoms with E-state index in [1.807, 2.05) is 0 Å². The second-order valence-electron chi connectivity index (χ2n) is 3.46. The summed E-state index contributed by atoms with van der Waals surface area (Å²) in [6.45, 7) is 1.55. The second kappa shape index (κ2) is 5.25. The van der Waals surface area contributed by atoms with Gasteiger partial charge in [-0.25, -0.2) is 4.79 Å². The third-order valence-electron chi connectivity index (χ3n) is 2.40. The number of hydrogen-bond acceptors (Lipinski definition) is 4. The van der Waals surface area contributed by atoms with Gasteiger partial charge >= 0.3 is 5.97 Å². The lowest BCUT2D eigenvalue weighted by molar-refractivity contribution is -0.190. The lowest BCUT2D eigenvalue weighted by Crippen LogP contribution is -2.18. The fourth-order valence-electron chi connectivity index (χ4n) is 1.56. The molecule has 0 spiro atoms. The van der Waals surface area contributed by atoms with Gasteiger partial charge < -0.3 is 19.3 Å². The predicted molar refractivity (Wildman–Crippen MR) is 52.2 cm³/mol. The maximum Gasteiger partial charge on any atom is 0.330 e. The number of rotatable bonds is 4. The topological polar surface area (TPSA) is 65.0 Å². The fraction of sp³-hybridized carbons (Fsp3) is 0.700. The molecule has 5 nitrogen and oxygen atoms in total. The molecule has 15 heavy (non-hydrogen) atoms. The van der Waals surface area contributed by atoms with Gasteiger partial charge in [0.1, 0.15) is 0 Å². The molecule has 0 aromatic heterocycles. The number of hydrogen-bond donors (Lipinski definition) is 1. The number of aliphatic carboxylic acids is 1. The molecule has 0 aliphatic carbocycles. The molecule has 1 aliphatic rings. The molecule has 0 bridgehead atoms. The van der Waals surface area contributed by atoms with E-state index in [4.69, 9.17) is 19.3 Å². The highest BCUT2D eigenvalue weighted by atomic mass is 16.8. The Hall–Kier alpha value is -0.910. The van der Waals surface area contributed by atoms with Crippen LogP contribution < -0.4 is 0 Å². The zero-order chi connectivity index (χ0) is 11.4. The second-order valence-corrected chi connectivity index (χ2v) is 3.46. The molecule has 1 N–H and O–H groups in total. The lowest BCUT2D eigenvalue weighted by atomic mass is 10.0. The molecule has 3 unspecified atom stereocenters. The highest BCUT2D eigenvalue weighted by Crippen LogP contribution is 2.29. The summed E-state index contributed by atoms with van der Waals surface area (Å²) >= 11 is 0. The summed E-state index contributed by atoms with van der Waals surface area (Å²) in [5.41, 5.74) is 0.294. The maximum absolute atomic E-state index is 10.7. The molecule has 5 heteroatoms. The van der Waals surface area contributed by atoms with E-state index < -0.39 is 12.3 Å². The van der Waals surface area contributed by atoms with E-state index in [-0.39, 0.29) is 12.2 Å². The summed E-state index contributed by atoms with van der Waals surface area (Å²) in [4.78, 5) is 10.7. The van der Waals surface area contributed by atoms with Crippen molar-refractivity contribution in [2.24, 2.45) is 5.92 Å². The Morgan fingerprint density at radius 2 is 2.13 bits per heavy atom. The summed E-state index contributed by atoms with van der Waals surface area (Å²) < 4.78 is 15.5. The standard InChI is InChI=1S/C10H16O5/c1-6(9(11)12)4-7-5-8(13-2)15-10(7)14-3/h4,7-8,10H,5H2,1-3H3,(H,11,12)/b6-4+. The summed E-state index contributed by atoms with van der Waals surface area (Å²) in [5, 5.41) is 8.74. The molecule has 0 saturated carbocycles. The van der Waals surface area contributed by atoms with Crippen molar-refractivity contribution in [2.75, 3.05) is 14.2 Å². The van der Waals surface area contributed by atoms with Crippen molar-refractivity contribution in [3.05, 3.63) is 11.6 Å². The Balaban J connectivity index is 2.68. The van der Waals surface area contributed by atoms with Crippen molar-refractivity contribution in [1.82, 2.24) is 0 Å². The summed E-state index contributed by atoms with van der Waals surface area (Å²) in [6, 6.07) is 0. The number of carbonyl (C=O) groups is 1. The van der Waals surface area contributed by atoms with Gasteiger partial charge in [0.2, 0.25) is 0 Å². The van der Waals surface area contributed by atoms with Gasteiger partial charge in [0.25, 0.3) is 0 Å². The van der Waals surface area contributed by atoms with Gasteiger partial charge in [-0.15, -0.1) is 0 Å². The molecule has 1 aliphatic heterocycles. The molecule has 86 valence electrons. The zero-order valence-electron chi connectivity index (χ0n) is 9.10. The first kappa shape index (κ1) is 12.2. The van der Waals surface area contributed by atoms with E-state index in [0.717, 1.165) is 0 Å². The van der Waals surface area contributed by atoms with Crippen molar-refractivity contribution < 1.29 is 24.1 Å². The van der Waals surface area contributed by atoms with Crippen molar-refractivity contribution in [2.45, 2.75) is 25.9 Å². The Bertz CT molecular complexity index is 261. The molecule has 0 aromatic rings. The SMILES string of the molecule is COC1CC(/C=C(\C)C(=O)O)C(OC)O1. The van der Waals surface area contributed by atoms with Gasteiger partial charge in [0, 0.05) is 32.1 Å². The first-order chi connectivity index (χ1) is 7.08. The van der Waals surface area contributed by atoms with E-state index in [2.05, 4.69) is 0 Å². The van der Waals surface area contributed by atoms with E-state index >= 15 is 0 Å². The van der Waals surface area contributed by atoms with E-state index in [0.29, 0.717) is 12.0 Å². The summed E-state index contributed by atoms with van der Waals surface area (Å²) in [6.07, 6.45) is 1.51. The first-order valence-electron chi connectivity index (χ1n) is 4.71. The van der Waals surface area contributed by atoms with Crippen molar-refractivity contribution >= 4 is 5.97 Å². The van der Waals surface area contributed by atoms with E-state index in [1.54, 1.807) is 20.1 Å². The van der Waals surface area contributed by atoms with Gasteiger partial charge in [0.05, 0.1) is 0 Å². The average Bonchev–Trinajstić information content (AvgIpc) is 2.60. The average molecular weight is 216 g/mol. The Morgan fingerprint density at radius 1 is 1.47 bits per heavy atom. The third-order valence-corrected chi connectivity index (χ3v) is 2.40. The Kier molecular flexibility index (Phi) is 4.26. The van der Waals surface area contributed by atoms with Crippen molar-refractivity contribution in [3.8, 4) is 0 Å². The Morgan fingerprint density at radius 3 is 2.60 bits per heavy atom. The van der Waals surface area contributed by atoms with Crippen LogP contribution in [0, 0.1) is 5.92 Å². The van der Waals surface area contributed by atoms with Crippen LogP contribution in [-0.2, 0) is 19.0 Å². The molecule has 3 atom stereocenters. The summed E-state index contributed by atoms with van der Waals surface area (Å²) in [7, 11) is 3.08. The van der Waals surface area contributed by atoms with Crippen LogP contribution in [0.5, 0.6) is 0 Å². The third kappa shape index (κ3) is 3.02. The van der Waals surface area contributed by atoms with Crippen LogP contribution >= 0.6 is 0 Å². The monoisotopic (exact) mass is 216 g/mol. The van der Waals surface area contributed by atoms with Gasteiger partial charge in [-0.3, -0.25) is 0 Å². The fourth-order valence-corrected chi connectivity index (χ4v) is 1.56. The van der Waals surface area contributed by atoms with Crippen LogP contribution in [0.1, 0.15) is 13.3 Å². The van der Waals surface area contributed by atoms with Gasteiger partial charge in [-0.05, 0) is 6.92 Å². The molecule has 1 rings (SSSR count). The van der Waals surface area contributed by atoms with Gasteiger partial charge in [0.15, 0.2) is 12.6 Å². The van der Waals surface area contributed by atoms with Crippen LogP contribution in [0.2, 0.25) is 0 Å². The van der Waals surface area contributed by atoms with Crippen molar-refractivity contribution in [1.29, 1.82) is 0 Å². The largest absolute Gasteiger partial charge is 0.478 e. The van der Waals surface area contributed by atoms with Crippen molar-refractivity contribution in [3.63, 3.8) is 0 Å². The minimum Gasteiger partial charge on any atom is -0.478 e. The first-order valence-corrected chi connectivity index (χ1v) is 4.71. The minimum absolute atomic E-state index is 0.0731. The molecule has 0 amide bonds. The summed E-state index contributed by atoms with van der Waals surface area (Å²) in [5.74, 6) is -0.998. The van der Waals surface area contributed by atoms with Gasteiger partial charge in [-0.1, -0.05) is 6.08 Å². The molecular formula is C10H16O5. The lowest BCUT2D eigenvalue weighted by Gasteiger charge is -2.13. The van der Waals surface area contributed by atoms with Crippen LogP contribution in [0.4, 0.5) is 0 Å². The van der Waals surface area contributed by atoms with E-state index in [1.165, 1.54) is 7.11 Å². The Labute approximate surface area is 88.6 Å². The quantitative estimate of drug-likeness (QED) is 0.710. The molecule has 1 heterocycles. The van der Waals surface area contributed by atoms with E-state index in [9.17, 15) is 4.79 Å². The number of ether oxygens (including phenoxy) is 3.